The summed E-state index contributed by atoms with van der Waals surface area (Å²) >= 11 is 17.5. The molecule has 0 saturated heterocycles. The minimum absolute atomic E-state index is 0.0616. The molecule has 0 bridgehead atoms. The molecule has 25 heavy (non-hydrogen) atoms. The van der Waals surface area contributed by atoms with Crippen LogP contribution in [0.15, 0.2) is 24.3 Å². The molecule has 0 aliphatic rings. The molecule has 2 aromatic rings. The summed E-state index contributed by atoms with van der Waals surface area (Å²) in [5.41, 5.74) is 6.81. The number of esters is 1. The van der Waals surface area contributed by atoms with Crippen molar-refractivity contribution < 1.29 is 14.3 Å². The first kappa shape index (κ1) is 19.3. The van der Waals surface area contributed by atoms with Crippen molar-refractivity contribution >= 4 is 58.1 Å². The molecule has 0 aliphatic heterocycles. The Hall–Kier alpha value is -2.02. The smallest absolute Gasteiger partial charge is 0.359 e. The van der Waals surface area contributed by atoms with Gasteiger partial charge in [-0.05, 0) is 31.5 Å². The second-order valence-corrected chi connectivity index (χ2v) is 6.31. The van der Waals surface area contributed by atoms with Crippen molar-refractivity contribution in [3.63, 3.8) is 0 Å². The highest BCUT2D eigenvalue weighted by Gasteiger charge is 2.25. The molecule has 1 atom stereocenters. The maximum absolute atomic E-state index is 12.2. The van der Waals surface area contributed by atoms with Gasteiger partial charge in [0.05, 0.1) is 10.7 Å². The third-order valence-corrected chi connectivity index (χ3v) is 4.34. The molecule has 6 nitrogen and oxygen atoms in total. The van der Waals surface area contributed by atoms with Crippen molar-refractivity contribution in [2.24, 2.45) is 0 Å². The predicted octanol–water partition coefficient (Wildman–Crippen LogP) is 4.12. The Morgan fingerprint density at radius 1 is 1.24 bits per heavy atom. The number of carbonyl (C=O) groups is 2. The number of amides is 1. The van der Waals surface area contributed by atoms with Crippen molar-refractivity contribution in [1.82, 2.24) is 4.98 Å². The van der Waals surface area contributed by atoms with E-state index in [9.17, 15) is 9.59 Å². The lowest BCUT2D eigenvalue weighted by molar-refractivity contribution is -0.123. The lowest BCUT2D eigenvalue weighted by atomic mass is 10.2. The molecular weight excluding hydrogens is 389 g/mol. The lowest BCUT2D eigenvalue weighted by Gasteiger charge is -2.15. The zero-order chi connectivity index (χ0) is 18.7. The number of ether oxygens (including phenoxy) is 1. The number of aryl methyl sites for hydroxylation is 1. The molecule has 9 heteroatoms. The van der Waals surface area contributed by atoms with Crippen LogP contribution in [0.4, 0.5) is 11.4 Å². The average Bonchev–Trinajstić information content (AvgIpc) is 2.56. The van der Waals surface area contributed by atoms with E-state index in [-0.39, 0.29) is 26.6 Å². The number of hydrogen-bond acceptors (Lipinski definition) is 5. The molecule has 0 aliphatic carbocycles. The average molecular weight is 403 g/mol. The van der Waals surface area contributed by atoms with Crippen LogP contribution in [-0.4, -0.2) is 23.0 Å². The standard InChI is InChI=1S/C16H14Cl3N3O3/c1-7-4-3-5-9(6-7)21-15(23)8(2)25-16(24)13-10(17)12(20)11(18)14(19)22-13/h3-6,8H,1-2H3,(H2,20,22)(H,21,23). The summed E-state index contributed by atoms with van der Waals surface area (Å²) in [6.45, 7) is 3.30. The quantitative estimate of drug-likeness (QED) is 0.592. The molecule has 0 radical (unpaired) electrons. The summed E-state index contributed by atoms with van der Waals surface area (Å²) < 4.78 is 5.08. The van der Waals surface area contributed by atoms with Crippen LogP contribution < -0.4 is 11.1 Å². The van der Waals surface area contributed by atoms with Gasteiger partial charge in [-0.15, -0.1) is 0 Å². The third kappa shape index (κ3) is 4.54. The van der Waals surface area contributed by atoms with Crippen molar-refractivity contribution in [2.75, 3.05) is 11.1 Å². The number of anilines is 2. The molecule has 0 fully saturated rings. The van der Waals surface area contributed by atoms with Crippen molar-refractivity contribution in [3.8, 4) is 0 Å². The van der Waals surface area contributed by atoms with E-state index in [4.69, 9.17) is 45.3 Å². The second kappa shape index (κ2) is 7.91. The largest absolute Gasteiger partial charge is 0.448 e. The Labute approximate surface area is 159 Å². The first-order chi connectivity index (χ1) is 11.7. The summed E-state index contributed by atoms with van der Waals surface area (Å²) in [4.78, 5) is 28.1. The molecule has 3 N–H and O–H groups in total. The van der Waals surface area contributed by atoms with Gasteiger partial charge in [-0.2, -0.15) is 0 Å². The molecule has 1 amide bonds. The summed E-state index contributed by atoms with van der Waals surface area (Å²) in [7, 11) is 0. The van der Waals surface area contributed by atoms with Gasteiger partial charge in [0.25, 0.3) is 5.91 Å². The van der Waals surface area contributed by atoms with Gasteiger partial charge in [0.1, 0.15) is 5.02 Å². The molecule has 1 unspecified atom stereocenters. The highest BCUT2D eigenvalue weighted by atomic mass is 35.5. The highest BCUT2D eigenvalue weighted by molar-refractivity contribution is 6.46. The van der Waals surface area contributed by atoms with Crippen LogP contribution in [0.5, 0.6) is 0 Å². The fourth-order valence-electron chi connectivity index (χ4n) is 1.90. The molecule has 0 saturated carbocycles. The van der Waals surface area contributed by atoms with E-state index in [1.54, 1.807) is 18.2 Å². The van der Waals surface area contributed by atoms with Crippen LogP contribution in [0.3, 0.4) is 0 Å². The second-order valence-electron chi connectivity index (χ2n) is 5.20. The Balaban J connectivity index is 2.11. The fourth-order valence-corrected chi connectivity index (χ4v) is 2.49. The van der Waals surface area contributed by atoms with Gasteiger partial charge in [0.15, 0.2) is 17.0 Å². The van der Waals surface area contributed by atoms with E-state index in [2.05, 4.69) is 10.3 Å². The molecule has 132 valence electrons. The minimum atomic E-state index is -1.10. The summed E-state index contributed by atoms with van der Waals surface area (Å²) in [6, 6.07) is 7.19. The number of aromatic nitrogens is 1. The number of rotatable bonds is 4. The van der Waals surface area contributed by atoms with Crippen LogP contribution >= 0.6 is 34.8 Å². The van der Waals surface area contributed by atoms with Crippen LogP contribution in [-0.2, 0) is 9.53 Å². The molecule has 2 rings (SSSR count). The molecule has 1 heterocycles. The van der Waals surface area contributed by atoms with Crippen LogP contribution in [0.1, 0.15) is 23.0 Å². The zero-order valence-corrected chi connectivity index (χ0v) is 15.5. The number of nitrogen functional groups attached to an aromatic ring is 1. The number of benzene rings is 1. The number of nitrogens with two attached hydrogens (primary N) is 1. The summed E-state index contributed by atoms with van der Waals surface area (Å²) in [5, 5.41) is 2.21. The van der Waals surface area contributed by atoms with Crippen LogP contribution in [0.2, 0.25) is 15.2 Å². The lowest BCUT2D eigenvalue weighted by Crippen LogP contribution is -2.30. The van der Waals surface area contributed by atoms with E-state index >= 15 is 0 Å². The van der Waals surface area contributed by atoms with Gasteiger partial charge in [0, 0.05) is 5.69 Å². The monoisotopic (exact) mass is 401 g/mol. The normalized spacial score (nSPS) is 11.7. The Morgan fingerprint density at radius 2 is 1.92 bits per heavy atom. The first-order valence-corrected chi connectivity index (χ1v) is 8.22. The van der Waals surface area contributed by atoms with E-state index < -0.39 is 18.0 Å². The minimum Gasteiger partial charge on any atom is -0.448 e. The van der Waals surface area contributed by atoms with Gasteiger partial charge in [0.2, 0.25) is 0 Å². The molecule has 0 spiro atoms. The van der Waals surface area contributed by atoms with Crippen LogP contribution in [0.25, 0.3) is 0 Å². The number of nitrogens with one attached hydrogen (secondary N) is 1. The van der Waals surface area contributed by atoms with Gasteiger partial charge >= 0.3 is 5.97 Å². The van der Waals surface area contributed by atoms with E-state index in [0.717, 1.165) is 5.56 Å². The molecule has 1 aromatic carbocycles. The Morgan fingerprint density at radius 3 is 2.56 bits per heavy atom. The number of nitrogens with zero attached hydrogens (tertiary/aromatic N) is 1. The van der Waals surface area contributed by atoms with Crippen molar-refractivity contribution in [2.45, 2.75) is 20.0 Å². The first-order valence-electron chi connectivity index (χ1n) is 7.09. The molecular formula is C16H14Cl3N3O3. The number of hydrogen-bond donors (Lipinski definition) is 2. The maximum atomic E-state index is 12.2. The zero-order valence-electron chi connectivity index (χ0n) is 13.3. The van der Waals surface area contributed by atoms with Gasteiger partial charge in [-0.1, -0.05) is 46.9 Å². The van der Waals surface area contributed by atoms with Crippen molar-refractivity contribution in [3.05, 3.63) is 50.7 Å². The topological polar surface area (TPSA) is 94.3 Å². The highest BCUT2D eigenvalue weighted by Crippen LogP contribution is 2.34. The number of carbonyl (C=O) groups excluding carboxylic acids is 2. The summed E-state index contributed by atoms with van der Waals surface area (Å²) in [5.74, 6) is -1.45. The third-order valence-electron chi connectivity index (χ3n) is 3.20. The van der Waals surface area contributed by atoms with Gasteiger partial charge in [-0.25, -0.2) is 9.78 Å². The van der Waals surface area contributed by atoms with Crippen LogP contribution in [0, 0.1) is 6.92 Å². The Kier molecular flexibility index (Phi) is 6.11. The van der Waals surface area contributed by atoms with E-state index in [1.807, 2.05) is 13.0 Å². The van der Waals surface area contributed by atoms with Crippen molar-refractivity contribution in [1.29, 1.82) is 0 Å². The summed E-state index contributed by atoms with van der Waals surface area (Å²) in [6.07, 6.45) is -1.10. The van der Waals surface area contributed by atoms with Gasteiger partial charge < -0.3 is 15.8 Å². The SMILES string of the molecule is Cc1cccc(NC(=O)C(C)OC(=O)c2nc(Cl)c(Cl)c(N)c2Cl)c1. The van der Waals surface area contributed by atoms with E-state index in [0.29, 0.717) is 5.69 Å². The fraction of sp³-hybridized carbons (Fsp3) is 0.188. The molecule has 1 aromatic heterocycles. The van der Waals surface area contributed by atoms with E-state index in [1.165, 1.54) is 6.92 Å². The maximum Gasteiger partial charge on any atom is 0.359 e. The van der Waals surface area contributed by atoms with Gasteiger partial charge in [-0.3, -0.25) is 4.79 Å². The number of halogens is 3. The number of pyridine rings is 1. The predicted molar refractivity (Wildman–Crippen MR) is 98.4 cm³/mol. The Bertz CT molecular complexity index is 843.